The fraction of sp³-hybridized carbons (Fsp3) is 0.552. The van der Waals surface area contributed by atoms with Gasteiger partial charge in [0.05, 0.1) is 20.8 Å². The molecule has 2 aliphatic rings. The van der Waals surface area contributed by atoms with Crippen LogP contribution in [0.1, 0.15) is 22.3 Å². The second kappa shape index (κ2) is 12.6. The number of hydrogen-bond acceptors (Lipinski definition) is 6. The minimum absolute atomic E-state index is 0.269. The van der Waals surface area contributed by atoms with E-state index in [1.807, 2.05) is 11.0 Å². The Hall–Kier alpha value is -2.61. The molecule has 1 amide bonds. The van der Waals surface area contributed by atoms with Crippen molar-refractivity contribution in [2.24, 2.45) is 0 Å². The van der Waals surface area contributed by atoms with Gasteiger partial charge in [-0.2, -0.15) is 0 Å². The molecule has 2 fully saturated rings. The van der Waals surface area contributed by atoms with Crippen LogP contribution in [0.25, 0.3) is 0 Å². The summed E-state index contributed by atoms with van der Waals surface area (Å²) in [4.78, 5) is 22.3. The number of rotatable bonds is 9. The first-order valence-electron chi connectivity index (χ1n) is 13.2. The van der Waals surface area contributed by atoms with E-state index in [9.17, 15) is 4.79 Å². The number of methoxy groups -OCH3 is 2. The molecule has 0 radical (unpaired) electrons. The van der Waals surface area contributed by atoms with Crippen molar-refractivity contribution in [1.29, 1.82) is 0 Å². The maximum Gasteiger partial charge on any atom is 0.236 e. The van der Waals surface area contributed by atoms with Crippen molar-refractivity contribution in [3.05, 3.63) is 58.7 Å². The van der Waals surface area contributed by atoms with E-state index < -0.39 is 0 Å². The molecule has 4 rings (SSSR count). The van der Waals surface area contributed by atoms with Gasteiger partial charge in [0.2, 0.25) is 5.91 Å². The Balaban J connectivity index is 1.17. The van der Waals surface area contributed by atoms with Gasteiger partial charge in [0.25, 0.3) is 0 Å². The Kier molecular flexibility index (Phi) is 9.24. The summed E-state index contributed by atoms with van der Waals surface area (Å²) in [6.07, 6.45) is 1.09. The molecule has 0 aliphatic carbocycles. The van der Waals surface area contributed by atoms with Crippen LogP contribution in [0.4, 0.5) is 0 Å². The molecule has 0 spiro atoms. The Morgan fingerprint density at radius 3 is 2.11 bits per heavy atom. The lowest BCUT2D eigenvalue weighted by molar-refractivity contribution is -0.134. The molecule has 7 heteroatoms. The first kappa shape index (κ1) is 26.5. The van der Waals surface area contributed by atoms with Gasteiger partial charge in [-0.1, -0.05) is 29.8 Å². The third kappa shape index (κ3) is 6.99. The van der Waals surface area contributed by atoms with E-state index in [2.05, 4.69) is 58.9 Å². The van der Waals surface area contributed by atoms with Crippen LogP contribution >= 0.6 is 0 Å². The van der Waals surface area contributed by atoms with Crippen LogP contribution in [0.5, 0.6) is 11.5 Å². The van der Waals surface area contributed by atoms with Crippen LogP contribution in [-0.2, 0) is 17.8 Å². The first-order chi connectivity index (χ1) is 17.4. The molecular weight excluding hydrogens is 452 g/mol. The van der Waals surface area contributed by atoms with Crippen molar-refractivity contribution in [1.82, 2.24) is 19.6 Å². The van der Waals surface area contributed by atoms with Crippen molar-refractivity contribution < 1.29 is 14.3 Å². The molecule has 0 aromatic heterocycles. The fourth-order valence-corrected chi connectivity index (χ4v) is 5.21. The smallest absolute Gasteiger partial charge is 0.236 e. The second-order valence-electron chi connectivity index (χ2n) is 10.1. The average molecular weight is 495 g/mol. The van der Waals surface area contributed by atoms with Gasteiger partial charge in [-0.15, -0.1) is 0 Å². The predicted octanol–water partition coefficient (Wildman–Crippen LogP) is 2.83. The minimum atomic E-state index is 0.269. The lowest BCUT2D eigenvalue weighted by atomic mass is 10.1. The predicted molar refractivity (Wildman–Crippen MR) is 144 cm³/mol. The summed E-state index contributed by atoms with van der Waals surface area (Å²) in [7, 11) is 3.34. The molecule has 0 N–H and O–H groups in total. The molecule has 0 bridgehead atoms. The van der Waals surface area contributed by atoms with Gasteiger partial charge in [-0.25, -0.2) is 0 Å². The summed E-state index contributed by atoms with van der Waals surface area (Å²) >= 11 is 0. The van der Waals surface area contributed by atoms with Crippen LogP contribution < -0.4 is 9.47 Å². The number of piperazine rings is 2. The van der Waals surface area contributed by atoms with Crippen molar-refractivity contribution in [2.75, 3.05) is 79.7 Å². The number of nitrogens with zero attached hydrogens (tertiary/aromatic N) is 4. The molecule has 2 aliphatic heterocycles. The maximum absolute atomic E-state index is 13.0. The summed E-state index contributed by atoms with van der Waals surface area (Å²) in [6.45, 7) is 14.1. The molecule has 196 valence electrons. The normalized spacial score (nSPS) is 17.8. The summed E-state index contributed by atoms with van der Waals surface area (Å²) in [5.41, 5.74) is 5.18. The zero-order valence-corrected chi connectivity index (χ0v) is 22.5. The van der Waals surface area contributed by atoms with Crippen molar-refractivity contribution in [2.45, 2.75) is 26.8 Å². The topological polar surface area (TPSA) is 48.5 Å². The van der Waals surface area contributed by atoms with E-state index >= 15 is 0 Å². The third-order valence-electron chi connectivity index (χ3n) is 7.58. The van der Waals surface area contributed by atoms with E-state index in [1.54, 1.807) is 14.2 Å². The number of carbonyl (C=O) groups excluding carboxylic acids is 1. The standard InChI is InChI=1S/C29H42N4O3/c1-23-6-5-7-25(18-23)8-9-30-10-12-32(13-11-30)22-29(34)33-16-14-31(15-17-33)21-26-20-28(36-4)27(35-3)19-24(26)2/h5-7,18-20H,8-17,21-22H2,1-4H3. The lowest BCUT2D eigenvalue weighted by Crippen LogP contribution is -2.53. The summed E-state index contributed by atoms with van der Waals surface area (Å²) in [6, 6.07) is 12.9. The average Bonchev–Trinajstić information content (AvgIpc) is 2.89. The van der Waals surface area contributed by atoms with Gasteiger partial charge < -0.3 is 19.3 Å². The van der Waals surface area contributed by atoms with Crippen molar-refractivity contribution >= 4 is 5.91 Å². The van der Waals surface area contributed by atoms with E-state index in [-0.39, 0.29) is 5.91 Å². The molecule has 2 heterocycles. The van der Waals surface area contributed by atoms with Gasteiger partial charge >= 0.3 is 0 Å². The van der Waals surface area contributed by atoms with Crippen LogP contribution in [0.3, 0.4) is 0 Å². The number of benzene rings is 2. The first-order valence-corrected chi connectivity index (χ1v) is 13.2. The Labute approximate surface area is 216 Å². The van der Waals surface area contributed by atoms with Crippen LogP contribution in [-0.4, -0.2) is 105 Å². The zero-order valence-electron chi connectivity index (χ0n) is 22.5. The number of aryl methyl sites for hydroxylation is 2. The van der Waals surface area contributed by atoms with Crippen LogP contribution in [0.2, 0.25) is 0 Å². The Morgan fingerprint density at radius 2 is 1.44 bits per heavy atom. The Morgan fingerprint density at radius 1 is 0.806 bits per heavy atom. The molecule has 2 aromatic carbocycles. The molecule has 2 saturated heterocycles. The van der Waals surface area contributed by atoms with Crippen molar-refractivity contribution in [3.8, 4) is 11.5 Å². The van der Waals surface area contributed by atoms with E-state index in [0.29, 0.717) is 6.54 Å². The van der Waals surface area contributed by atoms with E-state index in [1.165, 1.54) is 22.3 Å². The quantitative estimate of drug-likeness (QED) is 0.534. The van der Waals surface area contributed by atoms with Gasteiger partial charge in [-0.05, 0) is 49.1 Å². The second-order valence-corrected chi connectivity index (χ2v) is 10.1. The van der Waals surface area contributed by atoms with Crippen LogP contribution in [0, 0.1) is 13.8 Å². The van der Waals surface area contributed by atoms with Gasteiger partial charge in [0.15, 0.2) is 11.5 Å². The highest BCUT2D eigenvalue weighted by Crippen LogP contribution is 2.31. The minimum Gasteiger partial charge on any atom is -0.493 e. The van der Waals surface area contributed by atoms with Crippen LogP contribution in [0.15, 0.2) is 36.4 Å². The molecular formula is C29H42N4O3. The van der Waals surface area contributed by atoms with Crippen molar-refractivity contribution in [3.63, 3.8) is 0 Å². The van der Waals surface area contributed by atoms with E-state index in [4.69, 9.17) is 9.47 Å². The summed E-state index contributed by atoms with van der Waals surface area (Å²) < 4.78 is 10.9. The number of ether oxygens (including phenoxy) is 2. The molecule has 7 nitrogen and oxygen atoms in total. The fourth-order valence-electron chi connectivity index (χ4n) is 5.21. The number of hydrogen-bond donors (Lipinski definition) is 0. The Bertz CT molecular complexity index is 1010. The monoisotopic (exact) mass is 494 g/mol. The molecule has 0 saturated carbocycles. The molecule has 36 heavy (non-hydrogen) atoms. The third-order valence-corrected chi connectivity index (χ3v) is 7.58. The van der Waals surface area contributed by atoms with Gasteiger partial charge in [0, 0.05) is 65.4 Å². The summed E-state index contributed by atoms with van der Waals surface area (Å²) in [5, 5.41) is 0. The number of carbonyl (C=O) groups is 1. The molecule has 2 aromatic rings. The van der Waals surface area contributed by atoms with E-state index in [0.717, 1.165) is 83.4 Å². The molecule has 0 atom stereocenters. The lowest BCUT2D eigenvalue weighted by Gasteiger charge is -2.38. The highest BCUT2D eigenvalue weighted by Gasteiger charge is 2.25. The largest absolute Gasteiger partial charge is 0.493 e. The maximum atomic E-state index is 13.0. The molecule has 0 unspecified atom stereocenters. The summed E-state index contributed by atoms with van der Waals surface area (Å²) in [5.74, 6) is 1.80. The van der Waals surface area contributed by atoms with Gasteiger partial charge in [0.1, 0.15) is 0 Å². The zero-order chi connectivity index (χ0) is 25.5. The number of amides is 1. The highest BCUT2D eigenvalue weighted by atomic mass is 16.5. The SMILES string of the molecule is COc1cc(C)c(CN2CCN(C(=O)CN3CCN(CCc4cccc(C)c4)CC3)CC2)cc1OC. The van der Waals surface area contributed by atoms with Gasteiger partial charge in [-0.3, -0.25) is 14.6 Å². The highest BCUT2D eigenvalue weighted by molar-refractivity contribution is 5.78.